The second-order valence-corrected chi connectivity index (χ2v) is 6.79. The van der Waals surface area contributed by atoms with Crippen molar-refractivity contribution in [1.29, 1.82) is 0 Å². The van der Waals surface area contributed by atoms with E-state index in [0.29, 0.717) is 0 Å². The molecule has 0 fully saturated rings. The maximum atomic E-state index is 10.4. The fraction of sp³-hybridized carbons (Fsp3) is 0.550. The normalized spacial score (nSPS) is 22.2. The Kier molecular flexibility index (Phi) is 5.16. The Labute approximate surface area is 150 Å². The molecule has 1 aromatic carbocycles. The predicted molar refractivity (Wildman–Crippen MR) is 100.0 cm³/mol. The lowest BCUT2D eigenvalue weighted by atomic mass is 9.76. The van der Waals surface area contributed by atoms with E-state index in [1.807, 2.05) is 19.1 Å². The van der Waals surface area contributed by atoms with E-state index >= 15 is 0 Å². The first kappa shape index (κ1) is 18.0. The molecular formula is C20H29N3O2. The number of hydrogen-bond acceptors (Lipinski definition) is 5. The van der Waals surface area contributed by atoms with Crippen molar-refractivity contribution in [2.24, 2.45) is 0 Å². The van der Waals surface area contributed by atoms with E-state index in [0.717, 1.165) is 48.8 Å². The summed E-state index contributed by atoms with van der Waals surface area (Å²) in [7, 11) is 0. The molecule has 1 aliphatic heterocycles. The monoisotopic (exact) mass is 343 g/mol. The Bertz CT molecular complexity index is 723. The highest BCUT2D eigenvalue weighted by atomic mass is 16.5. The number of anilines is 1. The van der Waals surface area contributed by atoms with Gasteiger partial charge in [0.05, 0.1) is 17.8 Å². The largest absolute Gasteiger partial charge is 0.396 e. The Morgan fingerprint density at radius 3 is 2.60 bits per heavy atom. The SMILES string of the molecule is CCc1noc(C)c1C1(CN(CC)CC)Nc2ccccc2C1CO. The van der Waals surface area contributed by atoms with Gasteiger partial charge in [-0.1, -0.05) is 44.1 Å². The molecule has 2 unspecified atom stereocenters. The van der Waals surface area contributed by atoms with E-state index < -0.39 is 5.54 Å². The number of para-hydroxylation sites is 1. The quantitative estimate of drug-likeness (QED) is 0.808. The van der Waals surface area contributed by atoms with Crippen molar-refractivity contribution in [3.63, 3.8) is 0 Å². The van der Waals surface area contributed by atoms with Crippen LogP contribution in [-0.2, 0) is 12.0 Å². The van der Waals surface area contributed by atoms with Crippen LogP contribution in [0.1, 0.15) is 49.3 Å². The van der Waals surface area contributed by atoms with Crippen LogP contribution in [0.15, 0.2) is 28.8 Å². The van der Waals surface area contributed by atoms with E-state index in [1.54, 1.807) is 0 Å². The number of aromatic nitrogens is 1. The molecule has 2 N–H and O–H groups in total. The van der Waals surface area contributed by atoms with Gasteiger partial charge in [-0.2, -0.15) is 0 Å². The Morgan fingerprint density at radius 1 is 1.24 bits per heavy atom. The summed E-state index contributed by atoms with van der Waals surface area (Å²) < 4.78 is 5.57. The highest BCUT2D eigenvalue weighted by Crippen LogP contribution is 2.50. The van der Waals surface area contributed by atoms with Crippen LogP contribution in [0, 0.1) is 6.92 Å². The number of nitrogens with zero attached hydrogens (tertiary/aromatic N) is 2. The van der Waals surface area contributed by atoms with Crippen molar-refractivity contribution in [3.8, 4) is 0 Å². The van der Waals surface area contributed by atoms with Crippen molar-refractivity contribution < 1.29 is 9.63 Å². The summed E-state index contributed by atoms with van der Waals surface area (Å²) in [5.74, 6) is 0.801. The second-order valence-electron chi connectivity index (χ2n) is 6.79. The van der Waals surface area contributed by atoms with Crippen molar-refractivity contribution in [3.05, 3.63) is 46.8 Å². The topological polar surface area (TPSA) is 61.5 Å². The summed E-state index contributed by atoms with van der Waals surface area (Å²) in [4.78, 5) is 2.40. The molecule has 2 aromatic rings. The third kappa shape index (κ3) is 2.85. The lowest BCUT2D eigenvalue weighted by Gasteiger charge is -2.39. The minimum atomic E-state index is -0.431. The second kappa shape index (κ2) is 7.18. The van der Waals surface area contributed by atoms with Crippen LogP contribution >= 0.6 is 0 Å². The van der Waals surface area contributed by atoms with Gasteiger partial charge in [0.1, 0.15) is 5.76 Å². The van der Waals surface area contributed by atoms with Crippen molar-refractivity contribution >= 4 is 5.69 Å². The third-order valence-electron chi connectivity index (χ3n) is 5.55. The van der Waals surface area contributed by atoms with E-state index in [2.05, 4.69) is 48.3 Å². The molecule has 136 valence electrons. The molecule has 5 nitrogen and oxygen atoms in total. The van der Waals surface area contributed by atoms with Crippen LogP contribution in [0.2, 0.25) is 0 Å². The van der Waals surface area contributed by atoms with Gasteiger partial charge in [0.15, 0.2) is 0 Å². The first-order valence-corrected chi connectivity index (χ1v) is 9.27. The molecular weight excluding hydrogens is 314 g/mol. The molecule has 5 heteroatoms. The molecule has 1 aliphatic rings. The number of rotatable bonds is 7. The van der Waals surface area contributed by atoms with Crippen LogP contribution < -0.4 is 5.32 Å². The molecule has 2 heterocycles. The standard InChI is InChI=1S/C20H29N3O2/c1-5-17-19(14(4)25-22-17)20(13-23(6-2)7-3)16(12-24)15-10-8-9-11-18(15)21-20/h8-11,16,21,24H,5-7,12-13H2,1-4H3. The molecule has 0 radical (unpaired) electrons. The molecule has 2 atom stereocenters. The first-order chi connectivity index (χ1) is 12.1. The van der Waals surface area contributed by atoms with E-state index in [1.165, 1.54) is 5.56 Å². The molecule has 0 aliphatic carbocycles. The molecule has 3 rings (SSSR count). The van der Waals surface area contributed by atoms with Gasteiger partial charge < -0.3 is 19.8 Å². The number of nitrogens with one attached hydrogen (secondary N) is 1. The minimum Gasteiger partial charge on any atom is -0.396 e. The van der Waals surface area contributed by atoms with Gasteiger partial charge in [-0.25, -0.2) is 0 Å². The average molecular weight is 343 g/mol. The van der Waals surface area contributed by atoms with Crippen LogP contribution in [0.4, 0.5) is 5.69 Å². The third-order valence-corrected chi connectivity index (χ3v) is 5.55. The number of fused-ring (bicyclic) bond motifs is 1. The van der Waals surface area contributed by atoms with E-state index in [9.17, 15) is 5.11 Å². The fourth-order valence-corrected chi connectivity index (χ4v) is 4.26. The van der Waals surface area contributed by atoms with Gasteiger partial charge >= 0.3 is 0 Å². The highest BCUT2D eigenvalue weighted by molar-refractivity contribution is 5.64. The van der Waals surface area contributed by atoms with Crippen LogP contribution in [0.25, 0.3) is 0 Å². The Morgan fingerprint density at radius 2 is 1.96 bits per heavy atom. The number of aliphatic hydroxyl groups excluding tert-OH is 1. The van der Waals surface area contributed by atoms with Gasteiger partial charge in [0.25, 0.3) is 0 Å². The Hall–Kier alpha value is -1.85. The van der Waals surface area contributed by atoms with Gasteiger partial charge in [-0.05, 0) is 38.1 Å². The summed E-state index contributed by atoms with van der Waals surface area (Å²) in [6.07, 6.45) is 0.808. The van der Waals surface area contributed by atoms with Crippen molar-refractivity contribution in [2.75, 3.05) is 31.6 Å². The maximum absolute atomic E-state index is 10.4. The number of benzene rings is 1. The molecule has 0 saturated carbocycles. The van der Waals surface area contributed by atoms with E-state index in [4.69, 9.17) is 4.52 Å². The predicted octanol–water partition coefficient (Wildman–Crippen LogP) is 3.28. The van der Waals surface area contributed by atoms with Gasteiger partial charge in [-0.15, -0.1) is 0 Å². The molecule has 0 spiro atoms. The zero-order valence-electron chi connectivity index (χ0n) is 15.7. The zero-order chi connectivity index (χ0) is 18.0. The van der Waals surface area contributed by atoms with Crippen molar-refractivity contribution in [2.45, 2.75) is 45.6 Å². The summed E-state index contributed by atoms with van der Waals surface area (Å²) in [6, 6.07) is 8.28. The summed E-state index contributed by atoms with van der Waals surface area (Å²) >= 11 is 0. The maximum Gasteiger partial charge on any atom is 0.139 e. The summed E-state index contributed by atoms with van der Waals surface area (Å²) in [5.41, 5.74) is 3.91. The smallest absolute Gasteiger partial charge is 0.139 e. The summed E-state index contributed by atoms with van der Waals surface area (Å²) in [6.45, 7) is 11.2. The van der Waals surface area contributed by atoms with Gasteiger partial charge in [-0.3, -0.25) is 0 Å². The molecule has 0 saturated heterocycles. The summed E-state index contributed by atoms with van der Waals surface area (Å²) in [5, 5.41) is 18.4. The molecule has 0 amide bonds. The number of aryl methyl sites for hydroxylation is 2. The lowest BCUT2D eigenvalue weighted by Crippen LogP contribution is -2.49. The highest BCUT2D eigenvalue weighted by Gasteiger charge is 2.50. The number of likely N-dealkylation sites (N-methyl/N-ethyl adjacent to an activating group) is 1. The average Bonchev–Trinajstić information content (AvgIpc) is 3.16. The van der Waals surface area contributed by atoms with Crippen LogP contribution in [0.3, 0.4) is 0 Å². The van der Waals surface area contributed by atoms with Crippen molar-refractivity contribution in [1.82, 2.24) is 10.1 Å². The van der Waals surface area contributed by atoms with Crippen LogP contribution in [-0.4, -0.2) is 41.4 Å². The number of hydrogen-bond donors (Lipinski definition) is 2. The van der Waals surface area contributed by atoms with Gasteiger partial charge in [0.2, 0.25) is 0 Å². The van der Waals surface area contributed by atoms with E-state index in [-0.39, 0.29) is 12.5 Å². The lowest BCUT2D eigenvalue weighted by molar-refractivity contribution is 0.171. The molecule has 0 bridgehead atoms. The van der Waals surface area contributed by atoms with Crippen LogP contribution in [0.5, 0.6) is 0 Å². The molecule has 1 aromatic heterocycles. The fourth-order valence-electron chi connectivity index (χ4n) is 4.26. The zero-order valence-corrected chi connectivity index (χ0v) is 15.7. The van der Waals surface area contributed by atoms with Gasteiger partial charge in [0, 0.05) is 23.7 Å². The minimum absolute atomic E-state index is 0.0345. The molecule has 25 heavy (non-hydrogen) atoms. The number of aliphatic hydroxyl groups is 1. The Balaban J connectivity index is 2.19. The first-order valence-electron chi connectivity index (χ1n) is 9.27.